The summed E-state index contributed by atoms with van der Waals surface area (Å²) in [5.74, 6) is 1.24. The molecule has 1 heterocycles. The topological polar surface area (TPSA) is 34.4 Å². The molecule has 0 saturated heterocycles. The van der Waals surface area contributed by atoms with Crippen LogP contribution in [0.25, 0.3) is 0 Å². The molecule has 0 aliphatic heterocycles. The van der Waals surface area contributed by atoms with E-state index in [0.29, 0.717) is 23.5 Å². The molecule has 2 aromatic rings. The van der Waals surface area contributed by atoms with E-state index in [9.17, 15) is 4.39 Å². The Kier molecular flexibility index (Phi) is 4.93. The van der Waals surface area contributed by atoms with Gasteiger partial charge >= 0.3 is 0 Å². The summed E-state index contributed by atoms with van der Waals surface area (Å²) in [6.07, 6.45) is 0. The number of nitrogens with one attached hydrogen (secondary N) is 1. The molecule has 0 fully saturated rings. The molecule has 0 bridgehead atoms. The number of furan rings is 1. The summed E-state index contributed by atoms with van der Waals surface area (Å²) in [4.78, 5) is 0. The standard InChI is InChI=1S/C16H20FNO2/c1-4-18-16(13-7-5-6-11(2)15(13)17)14-9-8-12(20-14)10-19-3/h5-9,16,18H,4,10H2,1-3H3. The molecule has 0 saturated carbocycles. The van der Waals surface area contributed by atoms with E-state index >= 15 is 0 Å². The fourth-order valence-corrected chi connectivity index (χ4v) is 2.23. The van der Waals surface area contributed by atoms with E-state index in [1.807, 2.05) is 25.1 Å². The molecule has 4 heteroatoms. The van der Waals surface area contributed by atoms with E-state index in [2.05, 4.69) is 5.32 Å². The second-order valence-electron chi connectivity index (χ2n) is 4.71. The summed E-state index contributed by atoms with van der Waals surface area (Å²) in [6.45, 7) is 4.88. The van der Waals surface area contributed by atoms with Gasteiger partial charge in [0.15, 0.2) is 0 Å². The third-order valence-electron chi connectivity index (χ3n) is 3.19. The Morgan fingerprint density at radius 3 is 2.80 bits per heavy atom. The zero-order valence-corrected chi connectivity index (χ0v) is 12.1. The molecule has 1 unspecified atom stereocenters. The van der Waals surface area contributed by atoms with Crippen LogP contribution in [0.5, 0.6) is 0 Å². The van der Waals surface area contributed by atoms with Crippen molar-refractivity contribution in [1.29, 1.82) is 0 Å². The van der Waals surface area contributed by atoms with Gasteiger partial charge in [-0.15, -0.1) is 0 Å². The Morgan fingerprint density at radius 1 is 1.30 bits per heavy atom. The van der Waals surface area contributed by atoms with Crippen LogP contribution in [-0.2, 0) is 11.3 Å². The van der Waals surface area contributed by atoms with Gasteiger partial charge in [-0.1, -0.05) is 25.1 Å². The third kappa shape index (κ3) is 3.08. The van der Waals surface area contributed by atoms with Gasteiger partial charge in [-0.3, -0.25) is 0 Å². The van der Waals surface area contributed by atoms with Crippen molar-refractivity contribution in [1.82, 2.24) is 5.32 Å². The summed E-state index contributed by atoms with van der Waals surface area (Å²) in [5.41, 5.74) is 1.24. The Bertz CT molecular complexity index is 565. The highest BCUT2D eigenvalue weighted by atomic mass is 19.1. The molecule has 0 radical (unpaired) electrons. The first kappa shape index (κ1) is 14.8. The molecule has 3 nitrogen and oxygen atoms in total. The maximum absolute atomic E-state index is 14.3. The Morgan fingerprint density at radius 2 is 2.10 bits per heavy atom. The van der Waals surface area contributed by atoms with Crippen LogP contribution >= 0.6 is 0 Å². The van der Waals surface area contributed by atoms with Crippen molar-refractivity contribution in [2.45, 2.75) is 26.5 Å². The van der Waals surface area contributed by atoms with Gasteiger partial charge in [0.2, 0.25) is 0 Å². The lowest BCUT2D eigenvalue weighted by Crippen LogP contribution is -2.22. The number of aryl methyl sites for hydroxylation is 1. The molecule has 1 aromatic carbocycles. The van der Waals surface area contributed by atoms with E-state index in [4.69, 9.17) is 9.15 Å². The zero-order valence-electron chi connectivity index (χ0n) is 12.1. The summed E-state index contributed by atoms with van der Waals surface area (Å²) in [5, 5.41) is 3.26. The highest BCUT2D eigenvalue weighted by Gasteiger charge is 2.21. The van der Waals surface area contributed by atoms with E-state index < -0.39 is 0 Å². The molecule has 0 amide bonds. The number of rotatable bonds is 6. The fraction of sp³-hybridized carbons (Fsp3) is 0.375. The molecule has 1 aromatic heterocycles. The summed E-state index contributed by atoms with van der Waals surface area (Å²) < 4.78 is 25.1. The molecule has 0 aliphatic carbocycles. The van der Waals surface area contributed by atoms with Gasteiger partial charge < -0.3 is 14.5 Å². The van der Waals surface area contributed by atoms with Crippen molar-refractivity contribution in [3.05, 3.63) is 58.8 Å². The van der Waals surface area contributed by atoms with E-state index in [-0.39, 0.29) is 11.9 Å². The van der Waals surface area contributed by atoms with E-state index in [1.54, 1.807) is 26.2 Å². The van der Waals surface area contributed by atoms with Crippen molar-refractivity contribution >= 4 is 0 Å². The Labute approximate surface area is 118 Å². The SMILES string of the molecule is CCNC(c1ccc(COC)o1)c1cccc(C)c1F. The second-order valence-corrected chi connectivity index (χ2v) is 4.71. The molecular weight excluding hydrogens is 257 g/mol. The van der Waals surface area contributed by atoms with Crippen molar-refractivity contribution in [3.63, 3.8) is 0 Å². The van der Waals surface area contributed by atoms with Gasteiger partial charge in [0.05, 0.1) is 6.04 Å². The quantitative estimate of drug-likeness (QED) is 0.876. The molecule has 108 valence electrons. The number of hydrogen-bond acceptors (Lipinski definition) is 3. The van der Waals surface area contributed by atoms with Crippen LogP contribution in [0.2, 0.25) is 0 Å². The molecular formula is C16H20FNO2. The van der Waals surface area contributed by atoms with Crippen LogP contribution in [0.3, 0.4) is 0 Å². The van der Waals surface area contributed by atoms with Crippen LogP contribution in [0.1, 0.15) is 35.6 Å². The highest BCUT2D eigenvalue weighted by Crippen LogP contribution is 2.27. The summed E-state index contributed by atoms with van der Waals surface area (Å²) in [6, 6.07) is 8.84. The lowest BCUT2D eigenvalue weighted by atomic mass is 10.0. The van der Waals surface area contributed by atoms with Crippen LogP contribution in [0, 0.1) is 12.7 Å². The van der Waals surface area contributed by atoms with Gasteiger partial charge in [-0.2, -0.15) is 0 Å². The minimum absolute atomic E-state index is 0.192. The minimum atomic E-state index is -0.287. The number of halogens is 1. The smallest absolute Gasteiger partial charge is 0.131 e. The van der Waals surface area contributed by atoms with Crippen LogP contribution < -0.4 is 5.32 Å². The van der Waals surface area contributed by atoms with Crippen molar-refractivity contribution in [3.8, 4) is 0 Å². The monoisotopic (exact) mass is 277 g/mol. The predicted molar refractivity (Wildman–Crippen MR) is 76.1 cm³/mol. The Hall–Kier alpha value is -1.65. The average molecular weight is 277 g/mol. The first-order chi connectivity index (χ1) is 9.67. The lowest BCUT2D eigenvalue weighted by molar-refractivity contribution is 0.162. The van der Waals surface area contributed by atoms with Gasteiger partial charge in [0.25, 0.3) is 0 Å². The normalized spacial score (nSPS) is 12.6. The van der Waals surface area contributed by atoms with Gasteiger partial charge in [0, 0.05) is 12.7 Å². The second kappa shape index (κ2) is 6.68. The Balaban J connectivity index is 2.36. The van der Waals surface area contributed by atoms with Gasteiger partial charge in [-0.25, -0.2) is 4.39 Å². The van der Waals surface area contributed by atoms with Crippen LogP contribution in [0.15, 0.2) is 34.7 Å². The lowest BCUT2D eigenvalue weighted by Gasteiger charge is -2.17. The van der Waals surface area contributed by atoms with Crippen LogP contribution in [-0.4, -0.2) is 13.7 Å². The highest BCUT2D eigenvalue weighted by molar-refractivity contribution is 5.32. The molecule has 0 aliphatic rings. The first-order valence-corrected chi connectivity index (χ1v) is 6.73. The van der Waals surface area contributed by atoms with E-state index in [0.717, 1.165) is 12.3 Å². The van der Waals surface area contributed by atoms with Crippen LogP contribution in [0.4, 0.5) is 4.39 Å². The first-order valence-electron chi connectivity index (χ1n) is 6.73. The molecule has 20 heavy (non-hydrogen) atoms. The maximum Gasteiger partial charge on any atom is 0.131 e. The zero-order chi connectivity index (χ0) is 14.5. The number of methoxy groups -OCH3 is 1. The number of hydrogen-bond donors (Lipinski definition) is 1. The van der Waals surface area contributed by atoms with Gasteiger partial charge in [0.1, 0.15) is 23.9 Å². The number of benzene rings is 1. The fourth-order valence-electron chi connectivity index (χ4n) is 2.23. The summed E-state index contributed by atoms with van der Waals surface area (Å²) >= 11 is 0. The molecule has 2 rings (SSSR count). The average Bonchev–Trinajstić information content (AvgIpc) is 2.88. The van der Waals surface area contributed by atoms with Crippen molar-refractivity contribution < 1.29 is 13.5 Å². The predicted octanol–water partition coefficient (Wildman–Crippen LogP) is 3.57. The van der Waals surface area contributed by atoms with Gasteiger partial charge in [-0.05, 0) is 31.2 Å². The third-order valence-corrected chi connectivity index (χ3v) is 3.19. The molecule has 1 atom stereocenters. The van der Waals surface area contributed by atoms with Crippen molar-refractivity contribution in [2.75, 3.05) is 13.7 Å². The number of ether oxygens (including phenoxy) is 1. The van der Waals surface area contributed by atoms with E-state index in [1.165, 1.54) is 0 Å². The minimum Gasteiger partial charge on any atom is -0.462 e. The summed E-state index contributed by atoms with van der Waals surface area (Å²) in [7, 11) is 1.62. The molecule has 0 spiro atoms. The largest absolute Gasteiger partial charge is 0.462 e. The van der Waals surface area contributed by atoms with Crippen molar-refractivity contribution in [2.24, 2.45) is 0 Å². The molecule has 1 N–H and O–H groups in total. The maximum atomic E-state index is 14.3.